The Hall–Kier alpha value is -2.93. The van der Waals surface area contributed by atoms with Crippen molar-refractivity contribution in [2.24, 2.45) is 0 Å². The zero-order valence-electron chi connectivity index (χ0n) is 11.3. The Morgan fingerprint density at radius 3 is 2.62 bits per heavy atom. The molecule has 0 fully saturated rings. The second-order valence-corrected chi connectivity index (χ2v) is 4.82. The van der Waals surface area contributed by atoms with Gasteiger partial charge in [0.2, 0.25) is 0 Å². The molecule has 2 aromatic carbocycles. The van der Waals surface area contributed by atoms with Crippen LogP contribution >= 0.6 is 0 Å². The van der Waals surface area contributed by atoms with E-state index in [2.05, 4.69) is 11.2 Å². The smallest absolute Gasteiger partial charge is 0.258 e. The Morgan fingerprint density at radius 2 is 1.90 bits per heavy atom. The molecule has 1 unspecified atom stereocenters. The number of hydrogen-bond donors (Lipinski definition) is 2. The molecule has 0 spiro atoms. The molecule has 21 heavy (non-hydrogen) atoms. The number of nitrogens with zero attached hydrogens (tertiary/aromatic N) is 1. The van der Waals surface area contributed by atoms with Crippen molar-refractivity contribution in [1.29, 1.82) is 0 Å². The number of fused-ring (bicyclic) bond motifs is 1. The number of hydrogen-bond acceptors (Lipinski definition) is 3. The van der Waals surface area contributed by atoms with Crippen LogP contribution < -0.4 is 5.32 Å². The van der Waals surface area contributed by atoms with E-state index in [0.29, 0.717) is 5.56 Å². The average molecular weight is 278 g/mol. The first kappa shape index (κ1) is 13.1. The van der Waals surface area contributed by atoms with Crippen LogP contribution in [0, 0.1) is 12.3 Å². The molecule has 1 amide bonds. The van der Waals surface area contributed by atoms with Crippen molar-refractivity contribution < 1.29 is 9.90 Å². The molecule has 2 N–H and O–H groups in total. The summed E-state index contributed by atoms with van der Waals surface area (Å²) in [5.41, 5.74) is 2.27. The first-order chi connectivity index (χ1) is 10.2. The minimum Gasteiger partial charge on any atom is -0.508 e. The van der Waals surface area contributed by atoms with Crippen LogP contribution in [0.3, 0.4) is 0 Å². The first-order valence-corrected chi connectivity index (χ1v) is 6.59. The molecule has 0 aromatic heterocycles. The van der Waals surface area contributed by atoms with Gasteiger partial charge in [-0.15, -0.1) is 6.42 Å². The molecule has 0 bridgehead atoms. The predicted molar refractivity (Wildman–Crippen MR) is 80.8 cm³/mol. The highest BCUT2D eigenvalue weighted by atomic mass is 16.3. The van der Waals surface area contributed by atoms with Crippen molar-refractivity contribution in [3.63, 3.8) is 0 Å². The molecule has 0 radical (unpaired) electrons. The Labute approximate surface area is 123 Å². The monoisotopic (exact) mass is 278 g/mol. The summed E-state index contributed by atoms with van der Waals surface area (Å²) in [5, 5.41) is 12.7. The molecule has 0 aliphatic carbocycles. The molecule has 4 nitrogen and oxygen atoms in total. The van der Waals surface area contributed by atoms with Crippen molar-refractivity contribution in [3.8, 4) is 18.1 Å². The lowest BCUT2D eigenvalue weighted by atomic mass is 10.0. The fraction of sp³-hybridized carbons (Fsp3) is 0.118. The van der Waals surface area contributed by atoms with E-state index in [-0.39, 0.29) is 24.4 Å². The van der Waals surface area contributed by atoms with Crippen LogP contribution in [0.15, 0.2) is 48.5 Å². The number of carbonyl (C=O) groups excluding carboxylic acids is 1. The minimum atomic E-state index is -0.343. The van der Waals surface area contributed by atoms with Crippen molar-refractivity contribution in [2.45, 2.75) is 6.17 Å². The summed E-state index contributed by atoms with van der Waals surface area (Å²) in [6.45, 7) is 0.214. The fourth-order valence-corrected chi connectivity index (χ4v) is 2.47. The van der Waals surface area contributed by atoms with Crippen molar-refractivity contribution in [3.05, 3.63) is 59.7 Å². The quantitative estimate of drug-likeness (QED) is 0.830. The summed E-state index contributed by atoms with van der Waals surface area (Å²) in [4.78, 5) is 14.2. The molecule has 0 saturated heterocycles. The zero-order chi connectivity index (χ0) is 14.8. The Kier molecular flexibility index (Phi) is 3.25. The zero-order valence-corrected chi connectivity index (χ0v) is 11.3. The van der Waals surface area contributed by atoms with Gasteiger partial charge in [0.25, 0.3) is 5.91 Å². The number of para-hydroxylation sites is 1. The van der Waals surface area contributed by atoms with Crippen LogP contribution in [0.25, 0.3) is 0 Å². The fourth-order valence-electron chi connectivity index (χ4n) is 2.47. The van der Waals surface area contributed by atoms with E-state index in [1.165, 1.54) is 0 Å². The van der Waals surface area contributed by atoms with E-state index in [0.717, 1.165) is 11.3 Å². The number of phenols is 1. The number of nitrogens with one attached hydrogen (secondary N) is 1. The molecule has 1 aliphatic rings. The number of rotatable bonds is 2. The molecule has 1 aliphatic heterocycles. The number of benzene rings is 2. The van der Waals surface area contributed by atoms with E-state index in [9.17, 15) is 9.90 Å². The third kappa shape index (κ3) is 2.30. The topological polar surface area (TPSA) is 52.6 Å². The van der Waals surface area contributed by atoms with Crippen LogP contribution in [-0.4, -0.2) is 22.5 Å². The highest BCUT2D eigenvalue weighted by Gasteiger charge is 2.32. The molecule has 4 heteroatoms. The van der Waals surface area contributed by atoms with Gasteiger partial charge < -0.3 is 15.3 Å². The first-order valence-electron chi connectivity index (χ1n) is 6.59. The number of terminal acetylenes is 1. The summed E-state index contributed by atoms with van der Waals surface area (Å²) in [6.07, 6.45) is 5.05. The molecule has 3 rings (SSSR count). The minimum absolute atomic E-state index is 0.0969. The normalized spacial score (nSPS) is 16.8. The number of carbonyl (C=O) groups is 1. The SMILES string of the molecule is C#CCN1C(=O)c2ccccc2NC1c1ccc(O)cc1. The van der Waals surface area contributed by atoms with Crippen molar-refractivity contribution in [2.75, 3.05) is 11.9 Å². The highest BCUT2D eigenvalue weighted by molar-refractivity contribution is 6.01. The maximum absolute atomic E-state index is 12.6. The van der Waals surface area contributed by atoms with Crippen LogP contribution in [0.4, 0.5) is 5.69 Å². The summed E-state index contributed by atoms with van der Waals surface area (Å²) in [5.74, 6) is 2.61. The number of aromatic hydroxyl groups is 1. The van der Waals surface area contributed by atoms with Crippen LogP contribution in [0.2, 0.25) is 0 Å². The van der Waals surface area contributed by atoms with E-state index in [1.807, 2.05) is 18.2 Å². The molecular weight excluding hydrogens is 264 g/mol. The van der Waals surface area contributed by atoms with Gasteiger partial charge in [0.05, 0.1) is 12.1 Å². The summed E-state index contributed by atoms with van der Waals surface area (Å²) in [6, 6.07) is 14.1. The summed E-state index contributed by atoms with van der Waals surface area (Å²) >= 11 is 0. The van der Waals surface area contributed by atoms with E-state index >= 15 is 0 Å². The summed E-state index contributed by atoms with van der Waals surface area (Å²) in [7, 11) is 0. The van der Waals surface area contributed by atoms with Crippen LogP contribution in [0.5, 0.6) is 5.75 Å². The summed E-state index contributed by atoms with van der Waals surface area (Å²) < 4.78 is 0. The average Bonchev–Trinajstić information content (AvgIpc) is 2.51. The molecule has 2 aromatic rings. The van der Waals surface area contributed by atoms with Gasteiger partial charge >= 0.3 is 0 Å². The van der Waals surface area contributed by atoms with Crippen molar-refractivity contribution >= 4 is 11.6 Å². The predicted octanol–water partition coefficient (Wildman–Crippen LogP) is 2.59. The van der Waals surface area contributed by atoms with Gasteiger partial charge in [-0.05, 0) is 29.8 Å². The van der Waals surface area contributed by atoms with Crippen molar-refractivity contribution in [1.82, 2.24) is 4.90 Å². The maximum Gasteiger partial charge on any atom is 0.258 e. The Morgan fingerprint density at radius 1 is 1.19 bits per heavy atom. The second kappa shape index (κ2) is 5.22. The Bertz CT molecular complexity index is 716. The van der Waals surface area contributed by atoms with Crippen LogP contribution in [-0.2, 0) is 0 Å². The lowest BCUT2D eigenvalue weighted by Crippen LogP contribution is -2.43. The standard InChI is InChI=1S/C17H14N2O2/c1-2-11-19-16(12-7-9-13(20)10-8-12)18-15-6-4-3-5-14(15)17(19)21/h1,3-10,16,18,20H,11H2. The van der Waals surface area contributed by atoms with E-state index < -0.39 is 0 Å². The third-order valence-electron chi connectivity index (χ3n) is 3.49. The van der Waals surface area contributed by atoms with Gasteiger partial charge in [0.1, 0.15) is 11.9 Å². The van der Waals surface area contributed by atoms with Gasteiger partial charge in [-0.25, -0.2) is 0 Å². The molecule has 1 heterocycles. The van der Waals surface area contributed by atoms with Gasteiger partial charge in [0, 0.05) is 5.69 Å². The molecular formula is C17H14N2O2. The van der Waals surface area contributed by atoms with Gasteiger partial charge in [-0.1, -0.05) is 30.2 Å². The van der Waals surface area contributed by atoms with E-state index in [4.69, 9.17) is 6.42 Å². The second-order valence-electron chi connectivity index (χ2n) is 4.82. The lowest BCUT2D eigenvalue weighted by molar-refractivity contribution is 0.0711. The van der Waals surface area contributed by atoms with Crippen LogP contribution in [0.1, 0.15) is 22.1 Å². The molecule has 1 atom stereocenters. The number of phenolic OH excluding ortho intramolecular Hbond substituents is 1. The third-order valence-corrected chi connectivity index (χ3v) is 3.49. The number of anilines is 1. The lowest BCUT2D eigenvalue weighted by Gasteiger charge is -2.37. The maximum atomic E-state index is 12.6. The molecule has 104 valence electrons. The van der Waals surface area contributed by atoms with Gasteiger partial charge in [0.15, 0.2) is 0 Å². The van der Waals surface area contributed by atoms with Gasteiger partial charge in [-0.2, -0.15) is 0 Å². The Balaban J connectivity index is 2.05. The van der Waals surface area contributed by atoms with E-state index in [1.54, 1.807) is 35.2 Å². The van der Waals surface area contributed by atoms with Gasteiger partial charge in [-0.3, -0.25) is 4.79 Å². The highest BCUT2D eigenvalue weighted by Crippen LogP contribution is 2.33. The largest absolute Gasteiger partial charge is 0.508 e. The molecule has 0 saturated carbocycles. The number of amides is 1.